The summed E-state index contributed by atoms with van der Waals surface area (Å²) < 4.78 is 42.0. The number of piperazine rings is 1. The third-order valence-corrected chi connectivity index (χ3v) is 3.09. The number of carbonyl (C=O) groups is 2. The van der Waals surface area contributed by atoms with Gasteiger partial charge in [0, 0.05) is 13.1 Å². The minimum atomic E-state index is -4.54. The summed E-state index contributed by atoms with van der Waals surface area (Å²) in [7, 11) is 0. The van der Waals surface area contributed by atoms with Crippen molar-refractivity contribution in [3.05, 3.63) is 35.9 Å². The Labute approximate surface area is 125 Å². The number of hydrogen-bond acceptors (Lipinski definition) is 3. The number of rotatable bonds is 4. The maximum atomic E-state index is 12.4. The zero-order valence-electron chi connectivity index (χ0n) is 11.6. The van der Waals surface area contributed by atoms with Crippen molar-refractivity contribution in [2.45, 2.75) is 12.3 Å². The zero-order chi connectivity index (χ0) is 16.2. The van der Waals surface area contributed by atoms with Crippen LogP contribution in [0.15, 0.2) is 30.3 Å². The SMILES string of the molecule is O=C1CN(C(=O)[C@H](OCC(F)(F)F)c2ccccc2)CCN1. The van der Waals surface area contributed by atoms with Gasteiger partial charge in [0.15, 0.2) is 6.10 Å². The Morgan fingerprint density at radius 2 is 2.00 bits per heavy atom. The fourth-order valence-electron chi connectivity index (χ4n) is 2.11. The van der Waals surface area contributed by atoms with Gasteiger partial charge in [0.25, 0.3) is 5.91 Å². The van der Waals surface area contributed by atoms with Crippen molar-refractivity contribution in [2.75, 3.05) is 26.2 Å². The molecule has 1 aromatic carbocycles. The van der Waals surface area contributed by atoms with Crippen molar-refractivity contribution in [1.29, 1.82) is 0 Å². The molecule has 2 rings (SSSR count). The molecule has 0 unspecified atom stereocenters. The average Bonchev–Trinajstić information content (AvgIpc) is 2.47. The molecule has 1 aromatic rings. The third-order valence-electron chi connectivity index (χ3n) is 3.09. The molecular weight excluding hydrogens is 301 g/mol. The van der Waals surface area contributed by atoms with Gasteiger partial charge in [0.2, 0.25) is 5.91 Å². The number of nitrogens with one attached hydrogen (secondary N) is 1. The number of alkyl halides is 3. The first-order valence-electron chi connectivity index (χ1n) is 6.65. The molecule has 0 spiro atoms. The maximum Gasteiger partial charge on any atom is 0.411 e. The van der Waals surface area contributed by atoms with Crippen molar-refractivity contribution in [3.63, 3.8) is 0 Å². The summed E-state index contributed by atoms with van der Waals surface area (Å²) in [6.07, 6.45) is -5.92. The van der Waals surface area contributed by atoms with Crippen LogP contribution in [0.2, 0.25) is 0 Å². The fraction of sp³-hybridized carbons (Fsp3) is 0.429. The normalized spacial score (nSPS) is 17.0. The Morgan fingerprint density at radius 3 is 2.59 bits per heavy atom. The van der Waals surface area contributed by atoms with Crippen molar-refractivity contribution in [3.8, 4) is 0 Å². The predicted octanol–water partition coefficient (Wildman–Crippen LogP) is 1.27. The number of benzene rings is 1. The lowest BCUT2D eigenvalue weighted by Crippen LogP contribution is -2.51. The Balaban J connectivity index is 2.16. The Kier molecular flexibility index (Phi) is 5.02. The van der Waals surface area contributed by atoms with Crippen molar-refractivity contribution in [1.82, 2.24) is 10.2 Å². The molecule has 1 fully saturated rings. The highest BCUT2D eigenvalue weighted by molar-refractivity contribution is 5.88. The first kappa shape index (κ1) is 16.3. The van der Waals surface area contributed by atoms with Gasteiger partial charge >= 0.3 is 6.18 Å². The number of carbonyl (C=O) groups excluding carboxylic acids is 2. The maximum absolute atomic E-state index is 12.4. The summed E-state index contributed by atoms with van der Waals surface area (Å²) in [5.74, 6) is -0.993. The monoisotopic (exact) mass is 316 g/mol. The molecular formula is C14H15F3N2O3. The van der Waals surface area contributed by atoms with E-state index in [1.807, 2.05) is 0 Å². The molecule has 1 aliphatic rings. The lowest BCUT2D eigenvalue weighted by Gasteiger charge is -2.30. The topological polar surface area (TPSA) is 58.6 Å². The standard InChI is InChI=1S/C14H15F3N2O3/c15-14(16,17)9-22-12(10-4-2-1-3-5-10)13(21)19-7-6-18-11(20)8-19/h1-5,12H,6-9H2,(H,18,20)/t12-/m1/s1. The predicted molar refractivity (Wildman–Crippen MR) is 70.8 cm³/mol. The van der Waals surface area contributed by atoms with E-state index in [2.05, 4.69) is 5.32 Å². The van der Waals surface area contributed by atoms with Gasteiger partial charge in [0.1, 0.15) is 6.61 Å². The van der Waals surface area contributed by atoms with E-state index in [1.54, 1.807) is 18.2 Å². The van der Waals surface area contributed by atoms with E-state index in [-0.39, 0.29) is 25.5 Å². The van der Waals surface area contributed by atoms with Gasteiger partial charge in [-0.25, -0.2) is 0 Å². The minimum Gasteiger partial charge on any atom is -0.354 e. The number of halogens is 3. The van der Waals surface area contributed by atoms with E-state index in [0.29, 0.717) is 5.56 Å². The van der Waals surface area contributed by atoms with Crippen molar-refractivity contribution in [2.24, 2.45) is 0 Å². The highest BCUT2D eigenvalue weighted by Gasteiger charge is 2.34. The van der Waals surface area contributed by atoms with Crippen LogP contribution in [0.1, 0.15) is 11.7 Å². The first-order chi connectivity index (χ1) is 10.4. The highest BCUT2D eigenvalue weighted by atomic mass is 19.4. The Bertz CT molecular complexity index is 534. The molecule has 8 heteroatoms. The van der Waals surface area contributed by atoms with Crippen LogP contribution in [-0.4, -0.2) is 49.1 Å². The largest absolute Gasteiger partial charge is 0.411 e. The molecule has 0 aromatic heterocycles. The van der Waals surface area contributed by atoms with Gasteiger partial charge in [-0.1, -0.05) is 30.3 Å². The van der Waals surface area contributed by atoms with Crippen LogP contribution in [0.3, 0.4) is 0 Å². The van der Waals surface area contributed by atoms with Gasteiger partial charge in [-0.2, -0.15) is 13.2 Å². The number of amides is 2. The van der Waals surface area contributed by atoms with Crippen LogP contribution in [0.25, 0.3) is 0 Å². The zero-order valence-corrected chi connectivity index (χ0v) is 11.6. The molecule has 1 aliphatic heterocycles. The summed E-state index contributed by atoms with van der Waals surface area (Å²) in [6, 6.07) is 7.93. The van der Waals surface area contributed by atoms with Crippen LogP contribution >= 0.6 is 0 Å². The van der Waals surface area contributed by atoms with Crippen LogP contribution in [-0.2, 0) is 14.3 Å². The molecule has 120 valence electrons. The van der Waals surface area contributed by atoms with E-state index in [4.69, 9.17) is 4.74 Å². The van der Waals surface area contributed by atoms with E-state index < -0.39 is 24.8 Å². The summed E-state index contributed by atoms with van der Waals surface area (Å²) in [5, 5.41) is 2.55. The summed E-state index contributed by atoms with van der Waals surface area (Å²) in [4.78, 5) is 24.9. The van der Waals surface area contributed by atoms with Crippen LogP contribution in [0.5, 0.6) is 0 Å². The fourth-order valence-corrected chi connectivity index (χ4v) is 2.11. The summed E-state index contributed by atoms with van der Waals surface area (Å²) in [6.45, 7) is -1.20. The van der Waals surface area contributed by atoms with Crippen molar-refractivity contribution < 1.29 is 27.5 Å². The van der Waals surface area contributed by atoms with Crippen LogP contribution in [0.4, 0.5) is 13.2 Å². The number of nitrogens with zero attached hydrogens (tertiary/aromatic N) is 1. The van der Waals surface area contributed by atoms with Crippen molar-refractivity contribution >= 4 is 11.8 Å². The smallest absolute Gasteiger partial charge is 0.354 e. The first-order valence-corrected chi connectivity index (χ1v) is 6.65. The van der Waals surface area contributed by atoms with E-state index >= 15 is 0 Å². The molecule has 1 saturated heterocycles. The lowest BCUT2D eigenvalue weighted by molar-refractivity contribution is -0.191. The van der Waals surface area contributed by atoms with Gasteiger partial charge < -0.3 is 15.0 Å². The molecule has 5 nitrogen and oxygen atoms in total. The Hall–Kier alpha value is -2.09. The molecule has 0 bridgehead atoms. The van der Waals surface area contributed by atoms with E-state index in [1.165, 1.54) is 17.0 Å². The average molecular weight is 316 g/mol. The Morgan fingerprint density at radius 1 is 1.32 bits per heavy atom. The van der Waals surface area contributed by atoms with Gasteiger partial charge in [-0.3, -0.25) is 9.59 Å². The van der Waals surface area contributed by atoms with E-state index in [0.717, 1.165) is 0 Å². The molecule has 1 N–H and O–H groups in total. The van der Waals surface area contributed by atoms with Gasteiger partial charge in [-0.05, 0) is 5.56 Å². The summed E-state index contributed by atoms with van der Waals surface area (Å²) >= 11 is 0. The third kappa shape index (κ3) is 4.45. The molecule has 0 radical (unpaired) electrons. The number of ether oxygens (including phenoxy) is 1. The second kappa shape index (κ2) is 6.78. The molecule has 0 saturated carbocycles. The molecule has 0 aliphatic carbocycles. The molecule has 22 heavy (non-hydrogen) atoms. The molecule has 1 atom stereocenters. The van der Waals surface area contributed by atoms with E-state index in [9.17, 15) is 22.8 Å². The second-order valence-electron chi connectivity index (χ2n) is 4.83. The minimum absolute atomic E-state index is 0.183. The number of hydrogen-bond donors (Lipinski definition) is 1. The second-order valence-corrected chi connectivity index (χ2v) is 4.83. The molecule has 2 amide bonds. The van der Waals surface area contributed by atoms with Crippen LogP contribution < -0.4 is 5.32 Å². The highest BCUT2D eigenvalue weighted by Crippen LogP contribution is 2.24. The van der Waals surface area contributed by atoms with Gasteiger partial charge in [0.05, 0.1) is 6.54 Å². The lowest BCUT2D eigenvalue weighted by atomic mass is 10.1. The molecule has 1 heterocycles. The quantitative estimate of drug-likeness (QED) is 0.910. The summed E-state index contributed by atoms with van der Waals surface area (Å²) in [5.41, 5.74) is 0.322. The van der Waals surface area contributed by atoms with Crippen LogP contribution in [0, 0.1) is 0 Å². The van der Waals surface area contributed by atoms with Gasteiger partial charge in [-0.15, -0.1) is 0 Å².